The third kappa shape index (κ3) is 4.80. The Morgan fingerprint density at radius 2 is 1.61 bits per heavy atom. The minimum atomic E-state index is -0.503. The fourth-order valence-corrected chi connectivity index (χ4v) is 4.46. The van der Waals surface area contributed by atoms with Gasteiger partial charge < -0.3 is 14.8 Å². The molecule has 9 heteroatoms. The van der Waals surface area contributed by atoms with Gasteiger partial charge in [0.2, 0.25) is 0 Å². The molecule has 0 radical (unpaired) electrons. The number of carbonyl (C=O) groups is 2. The molecule has 4 rings (SSSR count). The molecule has 3 aromatic carbocycles. The Bertz CT molecular complexity index is 1260. The van der Waals surface area contributed by atoms with Crippen LogP contribution in [0.3, 0.4) is 0 Å². The summed E-state index contributed by atoms with van der Waals surface area (Å²) >= 11 is 13.3. The van der Waals surface area contributed by atoms with Gasteiger partial charge in [-0.05, 0) is 54.6 Å². The smallest absolute Gasteiger partial charge is 0.283 e. The predicted octanol–water partition coefficient (Wildman–Crippen LogP) is 6.00. The molecule has 0 saturated heterocycles. The van der Waals surface area contributed by atoms with Crippen LogP contribution in [0.2, 0.25) is 10.0 Å². The van der Waals surface area contributed by atoms with Gasteiger partial charge in [0.1, 0.15) is 22.1 Å². The van der Waals surface area contributed by atoms with Crippen molar-refractivity contribution in [3.8, 4) is 11.5 Å². The van der Waals surface area contributed by atoms with Crippen molar-refractivity contribution in [2.24, 2.45) is 0 Å². The first-order chi connectivity index (χ1) is 15.9. The Morgan fingerprint density at radius 1 is 0.848 bits per heavy atom. The van der Waals surface area contributed by atoms with Gasteiger partial charge in [-0.25, -0.2) is 4.90 Å². The van der Waals surface area contributed by atoms with Crippen LogP contribution in [0.15, 0.2) is 82.2 Å². The van der Waals surface area contributed by atoms with Gasteiger partial charge in [-0.1, -0.05) is 41.0 Å². The number of thioether (sulfide) groups is 1. The number of anilines is 2. The quantitative estimate of drug-likeness (QED) is 0.401. The van der Waals surface area contributed by atoms with E-state index in [0.717, 1.165) is 9.80 Å². The highest BCUT2D eigenvalue weighted by Crippen LogP contribution is 2.40. The second kappa shape index (κ2) is 9.79. The fourth-order valence-electron chi connectivity index (χ4n) is 3.22. The molecule has 3 aromatic rings. The Labute approximate surface area is 205 Å². The first-order valence-corrected chi connectivity index (χ1v) is 11.3. The second-order valence-corrected chi connectivity index (χ2v) is 8.83. The minimum Gasteiger partial charge on any atom is -0.497 e. The van der Waals surface area contributed by atoms with Crippen LogP contribution in [0.1, 0.15) is 0 Å². The van der Waals surface area contributed by atoms with E-state index in [4.69, 9.17) is 32.7 Å². The second-order valence-electron chi connectivity index (χ2n) is 6.88. The number of amides is 2. The number of rotatable bonds is 7. The number of carbonyl (C=O) groups excluding carboxylic acids is 2. The number of methoxy groups -OCH3 is 2. The number of ether oxygens (including phenoxy) is 2. The van der Waals surface area contributed by atoms with Crippen LogP contribution in [0.5, 0.6) is 11.5 Å². The van der Waals surface area contributed by atoms with Gasteiger partial charge in [-0.2, -0.15) is 0 Å². The topological polar surface area (TPSA) is 67.9 Å². The number of hydrogen-bond donors (Lipinski definition) is 1. The Balaban J connectivity index is 1.77. The van der Waals surface area contributed by atoms with Gasteiger partial charge in [0.25, 0.3) is 11.8 Å². The van der Waals surface area contributed by atoms with E-state index in [0.29, 0.717) is 32.9 Å². The molecule has 0 aliphatic carbocycles. The summed E-state index contributed by atoms with van der Waals surface area (Å²) in [5.41, 5.74) is 1.02. The molecule has 0 saturated carbocycles. The molecular formula is C24H18Cl2N2O4S. The lowest BCUT2D eigenvalue weighted by Crippen LogP contribution is -2.32. The maximum Gasteiger partial charge on any atom is 0.283 e. The van der Waals surface area contributed by atoms with E-state index < -0.39 is 11.8 Å². The number of hydrogen-bond acceptors (Lipinski definition) is 6. The Kier molecular flexibility index (Phi) is 6.83. The third-order valence-electron chi connectivity index (χ3n) is 4.81. The van der Waals surface area contributed by atoms with E-state index in [1.54, 1.807) is 73.8 Å². The highest BCUT2D eigenvalue weighted by molar-refractivity contribution is 8.04. The molecule has 168 valence electrons. The third-order valence-corrected chi connectivity index (χ3v) is 6.39. The van der Waals surface area contributed by atoms with Crippen molar-refractivity contribution < 1.29 is 19.1 Å². The van der Waals surface area contributed by atoms with Gasteiger partial charge in [0.05, 0.1) is 25.6 Å². The molecular weight excluding hydrogens is 483 g/mol. The molecule has 1 aliphatic heterocycles. The zero-order valence-corrected chi connectivity index (χ0v) is 19.9. The van der Waals surface area contributed by atoms with Gasteiger partial charge >= 0.3 is 0 Å². The lowest BCUT2D eigenvalue weighted by molar-refractivity contribution is -0.120. The zero-order valence-electron chi connectivity index (χ0n) is 17.6. The molecule has 0 bridgehead atoms. The first-order valence-electron chi connectivity index (χ1n) is 9.72. The molecule has 33 heavy (non-hydrogen) atoms. The highest BCUT2D eigenvalue weighted by Gasteiger charge is 2.40. The van der Waals surface area contributed by atoms with E-state index in [1.807, 2.05) is 0 Å². The lowest BCUT2D eigenvalue weighted by Gasteiger charge is -2.16. The summed E-state index contributed by atoms with van der Waals surface area (Å²) < 4.78 is 10.7. The molecule has 2 amide bonds. The molecule has 0 aromatic heterocycles. The SMILES string of the molecule is COc1ccc(NC2=C(Sc3ccc(Cl)cc3)C(=O)N(c3cccc(Cl)c3)C2=O)c(OC)c1. The largest absolute Gasteiger partial charge is 0.497 e. The molecule has 0 spiro atoms. The molecule has 6 nitrogen and oxygen atoms in total. The molecule has 0 atom stereocenters. The van der Waals surface area contributed by atoms with E-state index in [-0.39, 0.29) is 10.6 Å². The van der Waals surface area contributed by atoms with Crippen LogP contribution in [0, 0.1) is 0 Å². The van der Waals surface area contributed by atoms with Crippen molar-refractivity contribution in [3.63, 3.8) is 0 Å². The van der Waals surface area contributed by atoms with Crippen LogP contribution in [-0.2, 0) is 9.59 Å². The van der Waals surface area contributed by atoms with Gasteiger partial charge in [-0.3, -0.25) is 9.59 Å². The summed E-state index contributed by atoms with van der Waals surface area (Å²) in [6.45, 7) is 0. The van der Waals surface area contributed by atoms with Crippen molar-refractivity contribution >= 4 is 58.2 Å². The molecule has 1 N–H and O–H groups in total. The van der Waals surface area contributed by atoms with Crippen molar-refractivity contribution in [2.75, 3.05) is 24.4 Å². The van der Waals surface area contributed by atoms with Crippen LogP contribution in [-0.4, -0.2) is 26.0 Å². The van der Waals surface area contributed by atoms with Crippen LogP contribution >= 0.6 is 35.0 Å². The highest BCUT2D eigenvalue weighted by atomic mass is 35.5. The number of halogens is 2. The van der Waals surface area contributed by atoms with Crippen LogP contribution in [0.4, 0.5) is 11.4 Å². The summed E-state index contributed by atoms with van der Waals surface area (Å²) in [7, 11) is 3.06. The van der Waals surface area contributed by atoms with Crippen molar-refractivity contribution in [1.82, 2.24) is 0 Å². The predicted molar refractivity (Wildman–Crippen MR) is 131 cm³/mol. The lowest BCUT2D eigenvalue weighted by atomic mass is 10.2. The zero-order chi connectivity index (χ0) is 23.5. The monoisotopic (exact) mass is 500 g/mol. The maximum absolute atomic E-state index is 13.5. The summed E-state index contributed by atoms with van der Waals surface area (Å²) in [5.74, 6) is 0.0875. The first kappa shape index (κ1) is 23.0. The fraction of sp³-hybridized carbons (Fsp3) is 0.0833. The molecule has 0 unspecified atom stereocenters. The number of nitrogens with zero attached hydrogens (tertiary/aromatic N) is 1. The van der Waals surface area contributed by atoms with Crippen LogP contribution < -0.4 is 19.7 Å². The Hall–Kier alpha value is -3.13. The summed E-state index contributed by atoms with van der Waals surface area (Å²) in [5, 5.41) is 4.08. The van der Waals surface area contributed by atoms with E-state index >= 15 is 0 Å². The van der Waals surface area contributed by atoms with Crippen molar-refractivity contribution in [2.45, 2.75) is 4.90 Å². The number of imide groups is 1. The summed E-state index contributed by atoms with van der Waals surface area (Å²) in [6.07, 6.45) is 0. The average Bonchev–Trinajstić information content (AvgIpc) is 3.04. The summed E-state index contributed by atoms with van der Waals surface area (Å²) in [4.78, 5) is 29.0. The van der Waals surface area contributed by atoms with Crippen molar-refractivity contribution in [3.05, 3.63) is 87.4 Å². The van der Waals surface area contributed by atoms with Gasteiger partial charge in [0.15, 0.2) is 0 Å². The van der Waals surface area contributed by atoms with Crippen LogP contribution in [0.25, 0.3) is 0 Å². The maximum atomic E-state index is 13.5. The average molecular weight is 501 g/mol. The van der Waals surface area contributed by atoms with Gasteiger partial charge in [-0.15, -0.1) is 0 Å². The molecule has 1 heterocycles. The summed E-state index contributed by atoms with van der Waals surface area (Å²) in [6, 6.07) is 18.7. The minimum absolute atomic E-state index is 0.128. The number of benzene rings is 3. The Morgan fingerprint density at radius 3 is 2.27 bits per heavy atom. The molecule has 1 aliphatic rings. The molecule has 0 fully saturated rings. The van der Waals surface area contributed by atoms with E-state index in [1.165, 1.54) is 18.9 Å². The van der Waals surface area contributed by atoms with Crippen molar-refractivity contribution in [1.29, 1.82) is 0 Å². The van der Waals surface area contributed by atoms with E-state index in [9.17, 15) is 9.59 Å². The number of nitrogens with one attached hydrogen (secondary N) is 1. The van der Waals surface area contributed by atoms with Gasteiger partial charge in [0, 0.05) is 21.0 Å². The normalized spacial score (nSPS) is 13.5. The standard InChI is InChI=1S/C24H18Cl2N2O4S/c1-31-17-8-11-19(20(13-17)32-2)27-21-22(33-18-9-6-14(25)7-10-18)24(30)28(23(21)29)16-5-3-4-15(26)12-16/h3-13,27H,1-2H3. The van der Waals surface area contributed by atoms with E-state index in [2.05, 4.69) is 5.32 Å².